The zero-order valence-corrected chi connectivity index (χ0v) is 13.6. The van der Waals surface area contributed by atoms with E-state index in [4.69, 9.17) is 11.5 Å². The van der Waals surface area contributed by atoms with Crippen LogP contribution in [0.3, 0.4) is 0 Å². The van der Waals surface area contributed by atoms with Gasteiger partial charge >= 0.3 is 0 Å². The number of fused-ring (bicyclic) bond motifs is 1. The largest absolute Gasteiger partial charge is 0.507 e. The van der Waals surface area contributed by atoms with Gasteiger partial charge in [0.1, 0.15) is 5.75 Å². The van der Waals surface area contributed by atoms with E-state index in [9.17, 15) is 22.9 Å². The second-order valence-electron chi connectivity index (χ2n) is 5.46. The molecule has 6 N–H and O–H groups in total. The molecule has 0 fully saturated rings. The highest BCUT2D eigenvalue weighted by Gasteiger charge is 2.20. The van der Waals surface area contributed by atoms with E-state index in [-0.39, 0.29) is 39.0 Å². The molecule has 0 radical (unpaired) electrons. The van der Waals surface area contributed by atoms with Crippen LogP contribution in [0.4, 0.5) is 11.4 Å². The summed E-state index contributed by atoms with van der Waals surface area (Å²) in [7, 11) is -4.55. The number of benzene rings is 3. The zero-order chi connectivity index (χ0) is 18.4. The number of nitrogens with two attached hydrogens (primary N) is 2. The minimum Gasteiger partial charge on any atom is -0.507 e. The molecule has 0 saturated heterocycles. The number of phenols is 1. The Morgan fingerprint density at radius 2 is 1.60 bits per heavy atom. The topological polar surface area (TPSA) is 144 Å². The van der Waals surface area contributed by atoms with Crippen molar-refractivity contribution in [3.63, 3.8) is 0 Å². The molecule has 0 amide bonds. The first-order valence-corrected chi connectivity index (χ1v) is 8.56. The number of ketones is 1. The van der Waals surface area contributed by atoms with Gasteiger partial charge in [0.15, 0.2) is 5.78 Å². The number of rotatable bonds is 3. The van der Waals surface area contributed by atoms with Gasteiger partial charge in [-0.2, -0.15) is 8.42 Å². The number of carbonyl (C=O) groups excluding carboxylic acids is 1. The number of anilines is 2. The smallest absolute Gasteiger partial charge is 0.294 e. The predicted molar refractivity (Wildman–Crippen MR) is 94.1 cm³/mol. The Balaban J connectivity index is 2.27. The van der Waals surface area contributed by atoms with E-state index in [1.54, 1.807) is 24.3 Å². The quantitative estimate of drug-likeness (QED) is 0.319. The molecule has 0 aliphatic heterocycles. The first kappa shape index (κ1) is 16.7. The Hall–Kier alpha value is -3.10. The Bertz CT molecular complexity index is 1120. The molecule has 25 heavy (non-hydrogen) atoms. The van der Waals surface area contributed by atoms with E-state index in [0.717, 1.165) is 12.1 Å². The summed E-state index contributed by atoms with van der Waals surface area (Å²) < 4.78 is 31.9. The lowest BCUT2D eigenvalue weighted by Gasteiger charge is -2.12. The molecular formula is C17H14N2O5S. The van der Waals surface area contributed by atoms with Crippen molar-refractivity contribution in [3.8, 4) is 5.75 Å². The summed E-state index contributed by atoms with van der Waals surface area (Å²) in [6.07, 6.45) is 0. The van der Waals surface area contributed by atoms with Gasteiger partial charge in [-0.1, -0.05) is 12.1 Å². The number of phenolic OH excluding ortho intramolecular Hbond substituents is 1. The summed E-state index contributed by atoms with van der Waals surface area (Å²) in [4.78, 5) is 12.2. The molecule has 0 spiro atoms. The molecule has 8 heteroatoms. The molecule has 0 saturated carbocycles. The lowest BCUT2D eigenvalue weighted by Crippen LogP contribution is -2.08. The molecule has 0 aromatic heterocycles. The highest BCUT2D eigenvalue weighted by atomic mass is 32.2. The molecule has 0 unspecified atom stereocenters. The Morgan fingerprint density at radius 1 is 0.920 bits per heavy atom. The third-order valence-electron chi connectivity index (χ3n) is 3.88. The van der Waals surface area contributed by atoms with Gasteiger partial charge in [-0.3, -0.25) is 9.35 Å². The van der Waals surface area contributed by atoms with E-state index in [1.807, 2.05) is 0 Å². The van der Waals surface area contributed by atoms with Crippen LogP contribution in [-0.4, -0.2) is 23.9 Å². The van der Waals surface area contributed by atoms with Crippen molar-refractivity contribution >= 4 is 38.0 Å². The fourth-order valence-electron chi connectivity index (χ4n) is 2.61. The van der Waals surface area contributed by atoms with Crippen LogP contribution in [0.5, 0.6) is 5.75 Å². The molecule has 0 heterocycles. The summed E-state index contributed by atoms with van der Waals surface area (Å²) in [5, 5.41) is 10.4. The van der Waals surface area contributed by atoms with Crippen LogP contribution in [0.15, 0.2) is 53.4 Å². The Kier molecular flexibility index (Phi) is 3.86. The molecule has 3 aromatic rings. The SMILES string of the molecule is Nc1ccccc1C(=O)c1ccc2c(O)cc(S(=O)(=O)O)cc2c1N. The number of nitrogen functional groups attached to an aromatic ring is 2. The monoisotopic (exact) mass is 358 g/mol. The lowest BCUT2D eigenvalue weighted by atomic mass is 9.96. The van der Waals surface area contributed by atoms with E-state index < -0.39 is 20.8 Å². The highest BCUT2D eigenvalue weighted by molar-refractivity contribution is 7.85. The molecule has 0 atom stereocenters. The Morgan fingerprint density at radius 3 is 2.24 bits per heavy atom. The Labute approximate surface area is 143 Å². The van der Waals surface area contributed by atoms with Crippen molar-refractivity contribution in [1.82, 2.24) is 0 Å². The molecular weight excluding hydrogens is 344 g/mol. The average molecular weight is 358 g/mol. The van der Waals surface area contributed by atoms with Crippen molar-refractivity contribution in [2.75, 3.05) is 11.5 Å². The van der Waals surface area contributed by atoms with Crippen molar-refractivity contribution < 1.29 is 22.9 Å². The normalized spacial score (nSPS) is 11.6. The third kappa shape index (κ3) is 2.88. The molecule has 0 aliphatic carbocycles. The molecule has 3 aromatic carbocycles. The number of carbonyl (C=O) groups is 1. The van der Waals surface area contributed by atoms with Gasteiger partial charge < -0.3 is 16.6 Å². The number of hydrogen-bond acceptors (Lipinski definition) is 6. The van der Waals surface area contributed by atoms with Gasteiger partial charge in [0, 0.05) is 33.7 Å². The van der Waals surface area contributed by atoms with Crippen LogP contribution in [-0.2, 0) is 10.1 Å². The maximum atomic E-state index is 12.7. The maximum absolute atomic E-state index is 12.7. The number of aromatic hydroxyl groups is 1. The van der Waals surface area contributed by atoms with Gasteiger partial charge in [-0.05, 0) is 30.3 Å². The van der Waals surface area contributed by atoms with Gasteiger partial charge in [-0.25, -0.2) is 0 Å². The van der Waals surface area contributed by atoms with E-state index in [2.05, 4.69) is 0 Å². The molecule has 0 bridgehead atoms. The number of para-hydroxylation sites is 1. The van der Waals surface area contributed by atoms with Gasteiger partial charge in [0.2, 0.25) is 0 Å². The van der Waals surface area contributed by atoms with Gasteiger partial charge in [-0.15, -0.1) is 0 Å². The van der Waals surface area contributed by atoms with E-state index >= 15 is 0 Å². The molecule has 0 aliphatic rings. The van der Waals surface area contributed by atoms with Crippen molar-refractivity contribution in [3.05, 3.63) is 59.7 Å². The van der Waals surface area contributed by atoms with Crippen LogP contribution in [0.25, 0.3) is 10.8 Å². The molecule has 3 rings (SSSR count). The third-order valence-corrected chi connectivity index (χ3v) is 4.71. The predicted octanol–water partition coefficient (Wildman–Crippen LogP) is 2.19. The molecule has 128 valence electrons. The maximum Gasteiger partial charge on any atom is 0.294 e. The first-order valence-electron chi connectivity index (χ1n) is 7.12. The summed E-state index contributed by atoms with van der Waals surface area (Å²) in [5.74, 6) is -0.815. The zero-order valence-electron chi connectivity index (χ0n) is 12.8. The number of hydrogen-bond donors (Lipinski definition) is 4. The van der Waals surface area contributed by atoms with Crippen LogP contribution >= 0.6 is 0 Å². The lowest BCUT2D eigenvalue weighted by molar-refractivity contribution is 0.104. The van der Waals surface area contributed by atoms with Crippen molar-refractivity contribution in [2.45, 2.75) is 4.90 Å². The minimum absolute atomic E-state index is 0.0217. The summed E-state index contributed by atoms with van der Waals surface area (Å²) >= 11 is 0. The van der Waals surface area contributed by atoms with Crippen LogP contribution in [0.1, 0.15) is 15.9 Å². The summed E-state index contributed by atoms with van der Waals surface area (Å²) in [6, 6.07) is 11.4. The highest BCUT2D eigenvalue weighted by Crippen LogP contribution is 2.35. The first-order chi connectivity index (χ1) is 11.7. The molecule has 7 nitrogen and oxygen atoms in total. The average Bonchev–Trinajstić information content (AvgIpc) is 2.54. The van der Waals surface area contributed by atoms with Crippen LogP contribution in [0, 0.1) is 0 Å². The summed E-state index contributed by atoms with van der Waals surface area (Å²) in [6.45, 7) is 0. The second-order valence-corrected chi connectivity index (χ2v) is 6.88. The van der Waals surface area contributed by atoms with Crippen LogP contribution in [0.2, 0.25) is 0 Å². The van der Waals surface area contributed by atoms with E-state index in [1.165, 1.54) is 12.1 Å². The van der Waals surface area contributed by atoms with Crippen LogP contribution < -0.4 is 11.5 Å². The standard InChI is InChI=1S/C17H14N2O5S/c18-14-4-2-1-3-11(14)17(21)12-6-5-10-13(16(12)19)7-9(8-15(10)20)25(22,23)24/h1-8,20H,18-19H2,(H,22,23,24). The van der Waals surface area contributed by atoms with Gasteiger partial charge in [0.25, 0.3) is 10.1 Å². The minimum atomic E-state index is -4.55. The fourth-order valence-corrected chi connectivity index (χ4v) is 3.13. The summed E-state index contributed by atoms with van der Waals surface area (Å²) in [5.41, 5.74) is 12.5. The fraction of sp³-hybridized carbons (Fsp3) is 0. The van der Waals surface area contributed by atoms with Gasteiger partial charge in [0.05, 0.1) is 10.6 Å². The van der Waals surface area contributed by atoms with Crippen molar-refractivity contribution in [2.24, 2.45) is 0 Å². The second kappa shape index (κ2) is 5.76. The van der Waals surface area contributed by atoms with E-state index in [0.29, 0.717) is 0 Å². The van der Waals surface area contributed by atoms with Crippen molar-refractivity contribution in [1.29, 1.82) is 0 Å².